The van der Waals surface area contributed by atoms with Crippen LogP contribution in [0.4, 0.5) is 4.39 Å². The van der Waals surface area contributed by atoms with Gasteiger partial charge in [0.15, 0.2) is 0 Å². The molecule has 1 N–H and O–H groups in total. The van der Waals surface area contributed by atoms with Crippen LogP contribution >= 0.6 is 23.7 Å². The third-order valence-corrected chi connectivity index (χ3v) is 5.35. The molecule has 1 fully saturated rings. The van der Waals surface area contributed by atoms with E-state index in [9.17, 15) is 4.39 Å². The molecule has 1 atom stereocenters. The van der Waals surface area contributed by atoms with E-state index in [-0.39, 0.29) is 24.3 Å². The first kappa shape index (κ1) is 18.3. The van der Waals surface area contributed by atoms with Gasteiger partial charge < -0.3 is 5.32 Å². The van der Waals surface area contributed by atoms with Crippen LogP contribution in [0.5, 0.6) is 0 Å². The van der Waals surface area contributed by atoms with Gasteiger partial charge in [-0.25, -0.2) is 9.37 Å². The molecule has 0 aliphatic carbocycles. The summed E-state index contributed by atoms with van der Waals surface area (Å²) in [6.45, 7) is 7.99. The maximum atomic E-state index is 13.5. The maximum Gasteiger partial charge on any atom is 0.123 e. The van der Waals surface area contributed by atoms with Gasteiger partial charge in [-0.3, -0.25) is 4.90 Å². The fourth-order valence-electron chi connectivity index (χ4n) is 2.82. The lowest BCUT2D eigenvalue weighted by molar-refractivity contribution is 0.153. The van der Waals surface area contributed by atoms with Crippen molar-refractivity contribution in [1.29, 1.82) is 0 Å². The first-order chi connectivity index (χ1) is 10.6. The molecule has 1 aliphatic rings. The van der Waals surface area contributed by atoms with Gasteiger partial charge in [-0.15, -0.1) is 23.7 Å². The zero-order chi connectivity index (χ0) is 15.5. The molecule has 0 bridgehead atoms. The molecule has 2 heterocycles. The standard InChI is InChI=1S/C17H22FN3S.ClH/c1-12(2)16-10-20-17(22-16)11-21-7-6-19-9-15(21)13-4-3-5-14(18)8-13;/h3-5,8,10,12,15,19H,6-7,9,11H2,1-2H3;1H. The Hall–Kier alpha value is -1.01. The minimum absolute atomic E-state index is 0. The first-order valence-electron chi connectivity index (χ1n) is 7.78. The van der Waals surface area contributed by atoms with Crippen molar-refractivity contribution in [3.8, 4) is 0 Å². The summed E-state index contributed by atoms with van der Waals surface area (Å²) in [6, 6.07) is 7.15. The van der Waals surface area contributed by atoms with E-state index in [2.05, 4.69) is 29.0 Å². The average molecular weight is 356 g/mol. The maximum absolute atomic E-state index is 13.5. The number of hydrogen-bond acceptors (Lipinski definition) is 4. The number of halogens is 2. The molecular weight excluding hydrogens is 333 g/mol. The van der Waals surface area contributed by atoms with Gasteiger partial charge >= 0.3 is 0 Å². The smallest absolute Gasteiger partial charge is 0.123 e. The molecule has 3 rings (SSSR count). The molecule has 6 heteroatoms. The number of thiazole rings is 1. The second-order valence-electron chi connectivity index (χ2n) is 6.06. The largest absolute Gasteiger partial charge is 0.314 e. The molecule has 1 saturated heterocycles. The van der Waals surface area contributed by atoms with Gasteiger partial charge in [-0.2, -0.15) is 0 Å². The van der Waals surface area contributed by atoms with E-state index >= 15 is 0 Å². The van der Waals surface area contributed by atoms with Crippen molar-refractivity contribution in [2.24, 2.45) is 0 Å². The lowest BCUT2D eigenvalue weighted by Crippen LogP contribution is -2.45. The Morgan fingerprint density at radius 1 is 1.43 bits per heavy atom. The summed E-state index contributed by atoms with van der Waals surface area (Å²) in [7, 11) is 0. The molecule has 1 aromatic carbocycles. The fourth-order valence-corrected chi connectivity index (χ4v) is 3.77. The zero-order valence-electron chi connectivity index (χ0n) is 13.5. The number of hydrogen-bond donors (Lipinski definition) is 1. The highest BCUT2D eigenvalue weighted by Crippen LogP contribution is 2.27. The third kappa shape index (κ3) is 4.51. The zero-order valence-corrected chi connectivity index (χ0v) is 15.1. The van der Waals surface area contributed by atoms with Crippen molar-refractivity contribution in [1.82, 2.24) is 15.2 Å². The van der Waals surface area contributed by atoms with E-state index in [1.807, 2.05) is 12.3 Å². The van der Waals surface area contributed by atoms with E-state index in [4.69, 9.17) is 0 Å². The quantitative estimate of drug-likeness (QED) is 0.899. The number of rotatable bonds is 4. The summed E-state index contributed by atoms with van der Waals surface area (Å²) >= 11 is 1.79. The fraction of sp³-hybridized carbons (Fsp3) is 0.471. The highest BCUT2D eigenvalue weighted by molar-refractivity contribution is 7.11. The normalized spacial score (nSPS) is 18.9. The molecular formula is C17H23ClFN3S. The van der Waals surface area contributed by atoms with Crippen LogP contribution in [0.3, 0.4) is 0 Å². The van der Waals surface area contributed by atoms with Gasteiger partial charge in [0.05, 0.1) is 6.54 Å². The summed E-state index contributed by atoms with van der Waals surface area (Å²) in [6.07, 6.45) is 1.99. The predicted molar refractivity (Wildman–Crippen MR) is 95.9 cm³/mol. The van der Waals surface area contributed by atoms with Crippen LogP contribution in [0.2, 0.25) is 0 Å². The Bertz CT molecular complexity index is 632. The predicted octanol–water partition coefficient (Wildman–Crippen LogP) is 3.97. The summed E-state index contributed by atoms with van der Waals surface area (Å²) in [5.41, 5.74) is 1.04. The molecule has 3 nitrogen and oxygen atoms in total. The second-order valence-corrected chi connectivity index (χ2v) is 7.20. The van der Waals surface area contributed by atoms with Crippen molar-refractivity contribution in [3.05, 3.63) is 51.7 Å². The molecule has 0 amide bonds. The van der Waals surface area contributed by atoms with Crippen LogP contribution < -0.4 is 5.32 Å². The minimum atomic E-state index is -0.167. The Morgan fingerprint density at radius 3 is 2.96 bits per heavy atom. The number of piperazine rings is 1. The monoisotopic (exact) mass is 355 g/mol. The van der Waals surface area contributed by atoms with Crippen LogP contribution in [0.15, 0.2) is 30.5 Å². The molecule has 23 heavy (non-hydrogen) atoms. The highest BCUT2D eigenvalue weighted by Gasteiger charge is 2.25. The Kier molecular flexibility index (Phi) is 6.53. The average Bonchev–Trinajstić information content (AvgIpc) is 2.97. The SMILES string of the molecule is CC(C)c1cnc(CN2CCNCC2c2cccc(F)c2)s1.Cl. The van der Waals surface area contributed by atoms with Gasteiger partial charge in [0.2, 0.25) is 0 Å². The molecule has 126 valence electrons. The molecule has 1 aliphatic heterocycles. The van der Waals surface area contributed by atoms with Gasteiger partial charge in [0, 0.05) is 36.8 Å². The van der Waals surface area contributed by atoms with Crippen molar-refractivity contribution in [3.63, 3.8) is 0 Å². The number of aromatic nitrogens is 1. The second kappa shape index (κ2) is 8.20. The van der Waals surface area contributed by atoms with Gasteiger partial charge in [-0.05, 0) is 23.6 Å². The van der Waals surface area contributed by atoms with Gasteiger partial charge in [0.25, 0.3) is 0 Å². The van der Waals surface area contributed by atoms with Crippen LogP contribution in [0, 0.1) is 5.82 Å². The van der Waals surface area contributed by atoms with Crippen LogP contribution in [-0.2, 0) is 6.54 Å². The van der Waals surface area contributed by atoms with E-state index in [1.165, 1.54) is 10.9 Å². The molecule has 0 radical (unpaired) electrons. The first-order valence-corrected chi connectivity index (χ1v) is 8.60. The molecule has 1 aromatic heterocycles. The summed E-state index contributed by atoms with van der Waals surface area (Å²) in [4.78, 5) is 8.28. The third-order valence-electron chi connectivity index (χ3n) is 4.07. The Morgan fingerprint density at radius 2 is 2.26 bits per heavy atom. The van der Waals surface area contributed by atoms with E-state index in [1.54, 1.807) is 23.5 Å². The summed E-state index contributed by atoms with van der Waals surface area (Å²) in [5, 5.41) is 4.56. The number of benzene rings is 1. The van der Waals surface area contributed by atoms with Crippen molar-refractivity contribution >= 4 is 23.7 Å². The Balaban J connectivity index is 0.00000192. The van der Waals surface area contributed by atoms with Crippen molar-refractivity contribution < 1.29 is 4.39 Å². The molecule has 1 unspecified atom stereocenters. The van der Waals surface area contributed by atoms with Crippen molar-refractivity contribution in [2.45, 2.75) is 32.4 Å². The number of nitrogens with one attached hydrogen (secondary N) is 1. The van der Waals surface area contributed by atoms with E-state index < -0.39 is 0 Å². The number of nitrogens with zero attached hydrogens (tertiary/aromatic N) is 2. The summed E-state index contributed by atoms with van der Waals surface area (Å²) < 4.78 is 13.5. The highest BCUT2D eigenvalue weighted by atomic mass is 35.5. The van der Waals surface area contributed by atoms with Gasteiger partial charge in [0.1, 0.15) is 10.8 Å². The van der Waals surface area contributed by atoms with Gasteiger partial charge in [-0.1, -0.05) is 26.0 Å². The molecule has 2 aromatic rings. The van der Waals surface area contributed by atoms with Crippen LogP contribution in [0.25, 0.3) is 0 Å². The molecule has 0 spiro atoms. The van der Waals surface area contributed by atoms with E-state index in [0.717, 1.165) is 36.8 Å². The van der Waals surface area contributed by atoms with Crippen LogP contribution in [-0.4, -0.2) is 29.5 Å². The lowest BCUT2D eigenvalue weighted by atomic mass is 10.0. The van der Waals surface area contributed by atoms with Crippen molar-refractivity contribution in [2.75, 3.05) is 19.6 Å². The van der Waals surface area contributed by atoms with Crippen LogP contribution in [0.1, 0.15) is 41.3 Å². The Labute approximate surface area is 147 Å². The van der Waals surface area contributed by atoms with E-state index in [0.29, 0.717) is 5.92 Å². The topological polar surface area (TPSA) is 28.2 Å². The lowest BCUT2D eigenvalue weighted by Gasteiger charge is -2.36. The minimum Gasteiger partial charge on any atom is -0.314 e. The molecule has 0 saturated carbocycles. The summed E-state index contributed by atoms with van der Waals surface area (Å²) in [5.74, 6) is 0.354.